The number of ether oxygens (including phenoxy) is 1. The van der Waals surface area contributed by atoms with E-state index >= 15 is 0 Å². The van der Waals surface area contributed by atoms with Crippen molar-refractivity contribution in [3.8, 4) is 5.75 Å². The Morgan fingerprint density at radius 1 is 1.19 bits per heavy atom. The van der Waals surface area contributed by atoms with E-state index in [1.54, 1.807) is 24.3 Å². The van der Waals surface area contributed by atoms with E-state index in [9.17, 15) is 9.59 Å². The molecule has 0 saturated carbocycles. The van der Waals surface area contributed by atoms with Crippen LogP contribution in [0.3, 0.4) is 0 Å². The molecule has 1 aromatic carbocycles. The molecule has 0 unspecified atom stereocenters. The molecule has 0 aromatic heterocycles. The number of hydrogen-bond donors (Lipinski definition) is 2. The van der Waals surface area contributed by atoms with Gasteiger partial charge in [0.2, 0.25) is 5.91 Å². The topological polar surface area (TPSA) is 70.7 Å². The van der Waals surface area contributed by atoms with Crippen LogP contribution in [0.15, 0.2) is 24.3 Å². The summed E-state index contributed by atoms with van der Waals surface area (Å²) < 4.78 is 5.11. The summed E-state index contributed by atoms with van der Waals surface area (Å²) in [5.74, 6) is -0.0331. The lowest BCUT2D eigenvalue weighted by molar-refractivity contribution is -0.120. The number of benzene rings is 1. The summed E-state index contributed by atoms with van der Waals surface area (Å²) in [6.45, 7) is 1.47. The van der Waals surface area contributed by atoms with Crippen molar-refractivity contribution in [1.82, 2.24) is 15.5 Å². The Morgan fingerprint density at radius 2 is 1.90 bits per heavy atom. The summed E-state index contributed by atoms with van der Waals surface area (Å²) in [7, 11) is 5.47. The van der Waals surface area contributed by atoms with E-state index in [4.69, 9.17) is 4.74 Å². The molecule has 0 saturated heterocycles. The third-order valence-corrected chi connectivity index (χ3v) is 2.87. The number of amides is 2. The fourth-order valence-corrected chi connectivity index (χ4v) is 1.77. The molecule has 0 spiro atoms. The lowest BCUT2D eigenvalue weighted by Gasteiger charge is -2.11. The van der Waals surface area contributed by atoms with Crippen molar-refractivity contribution in [1.29, 1.82) is 0 Å². The molecular formula is C15H23N3O3. The molecule has 2 N–H and O–H groups in total. The van der Waals surface area contributed by atoms with Crippen LogP contribution in [0.4, 0.5) is 0 Å². The Morgan fingerprint density at radius 3 is 2.57 bits per heavy atom. The van der Waals surface area contributed by atoms with Gasteiger partial charge in [0, 0.05) is 6.54 Å². The zero-order valence-corrected chi connectivity index (χ0v) is 12.8. The molecular weight excluding hydrogens is 270 g/mol. The first-order chi connectivity index (χ1) is 10.0. The predicted molar refractivity (Wildman–Crippen MR) is 81.5 cm³/mol. The first-order valence-corrected chi connectivity index (χ1v) is 6.87. The average molecular weight is 293 g/mol. The summed E-state index contributed by atoms with van der Waals surface area (Å²) in [6.07, 6.45) is 0.874. The number of hydrogen-bond acceptors (Lipinski definition) is 4. The maximum absolute atomic E-state index is 12.0. The minimum Gasteiger partial charge on any atom is -0.496 e. The largest absolute Gasteiger partial charge is 0.496 e. The highest BCUT2D eigenvalue weighted by Crippen LogP contribution is 2.16. The molecule has 0 aliphatic carbocycles. The molecule has 1 rings (SSSR count). The molecule has 1 aromatic rings. The molecule has 0 radical (unpaired) electrons. The van der Waals surface area contributed by atoms with E-state index in [0.29, 0.717) is 17.9 Å². The molecule has 0 fully saturated rings. The first kappa shape index (κ1) is 17.0. The van der Waals surface area contributed by atoms with Crippen LogP contribution in [0.1, 0.15) is 16.8 Å². The van der Waals surface area contributed by atoms with Crippen LogP contribution >= 0.6 is 0 Å². The third-order valence-electron chi connectivity index (χ3n) is 2.87. The Kier molecular flexibility index (Phi) is 7.25. The highest BCUT2D eigenvalue weighted by Gasteiger charge is 2.12. The van der Waals surface area contributed by atoms with Gasteiger partial charge in [-0.1, -0.05) is 12.1 Å². The number of rotatable bonds is 8. The lowest BCUT2D eigenvalue weighted by Crippen LogP contribution is -2.37. The van der Waals surface area contributed by atoms with E-state index in [1.807, 2.05) is 14.1 Å². The van der Waals surface area contributed by atoms with Gasteiger partial charge < -0.3 is 20.3 Å². The highest BCUT2D eigenvalue weighted by molar-refractivity contribution is 5.98. The van der Waals surface area contributed by atoms with Gasteiger partial charge in [-0.25, -0.2) is 0 Å². The monoisotopic (exact) mass is 293 g/mol. The normalized spacial score (nSPS) is 10.3. The van der Waals surface area contributed by atoms with Crippen LogP contribution in [-0.2, 0) is 4.79 Å². The molecule has 0 atom stereocenters. The van der Waals surface area contributed by atoms with Crippen molar-refractivity contribution in [2.75, 3.05) is 40.8 Å². The second-order valence-corrected chi connectivity index (χ2v) is 4.89. The van der Waals surface area contributed by atoms with Crippen molar-refractivity contribution < 1.29 is 14.3 Å². The molecule has 21 heavy (non-hydrogen) atoms. The van der Waals surface area contributed by atoms with Gasteiger partial charge >= 0.3 is 0 Å². The van der Waals surface area contributed by atoms with Gasteiger partial charge in [-0.2, -0.15) is 0 Å². The van der Waals surface area contributed by atoms with E-state index < -0.39 is 0 Å². The zero-order valence-electron chi connectivity index (χ0n) is 12.8. The van der Waals surface area contributed by atoms with Gasteiger partial charge in [0.15, 0.2) is 0 Å². The van der Waals surface area contributed by atoms with Crippen molar-refractivity contribution in [3.05, 3.63) is 29.8 Å². The summed E-state index contributed by atoms with van der Waals surface area (Å²) in [5.41, 5.74) is 0.417. The molecule has 0 heterocycles. The summed E-state index contributed by atoms with van der Waals surface area (Å²) in [4.78, 5) is 25.6. The fourth-order valence-electron chi connectivity index (χ4n) is 1.77. The van der Waals surface area contributed by atoms with Crippen LogP contribution in [0.2, 0.25) is 0 Å². The van der Waals surface area contributed by atoms with Crippen LogP contribution in [0.5, 0.6) is 5.75 Å². The number of carbonyl (C=O) groups excluding carboxylic acids is 2. The quantitative estimate of drug-likeness (QED) is 0.685. The Balaban J connectivity index is 2.34. The molecule has 0 aliphatic rings. The average Bonchev–Trinajstić information content (AvgIpc) is 2.48. The highest BCUT2D eigenvalue weighted by atomic mass is 16.5. The molecule has 116 valence electrons. The smallest absolute Gasteiger partial charge is 0.255 e. The standard InChI is InChI=1S/C15H23N3O3/c1-18(2)10-6-9-16-14(19)11-17-15(20)12-7-4-5-8-13(12)21-3/h4-5,7-8H,6,9-11H2,1-3H3,(H,16,19)(H,17,20). The number of nitrogens with one attached hydrogen (secondary N) is 2. The Bertz CT molecular complexity index is 475. The number of carbonyl (C=O) groups is 2. The second-order valence-electron chi connectivity index (χ2n) is 4.89. The Labute approximate surface area is 125 Å². The van der Waals surface area contributed by atoms with Gasteiger partial charge in [-0.15, -0.1) is 0 Å². The summed E-state index contributed by atoms with van der Waals surface area (Å²) >= 11 is 0. The zero-order chi connectivity index (χ0) is 15.7. The van der Waals surface area contributed by atoms with Crippen LogP contribution in [-0.4, -0.2) is 57.6 Å². The van der Waals surface area contributed by atoms with E-state index in [1.165, 1.54) is 7.11 Å². The molecule has 2 amide bonds. The van der Waals surface area contributed by atoms with Gasteiger partial charge in [0.05, 0.1) is 19.2 Å². The van der Waals surface area contributed by atoms with Crippen LogP contribution < -0.4 is 15.4 Å². The SMILES string of the molecule is COc1ccccc1C(=O)NCC(=O)NCCCN(C)C. The lowest BCUT2D eigenvalue weighted by atomic mass is 10.2. The van der Waals surface area contributed by atoms with Gasteiger partial charge in [-0.05, 0) is 39.2 Å². The van der Waals surface area contributed by atoms with Gasteiger partial charge in [-0.3, -0.25) is 9.59 Å². The minimum absolute atomic E-state index is 0.0428. The second kappa shape index (κ2) is 8.97. The van der Waals surface area contributed by atoms with Crippen molar-refractivity contribution in [2.45, 2.75) is 6.42 Å². The summed E-state index contributed by atoms with van der Waals surface area (Å²) in [6, 6.07) is 6.89. The van der Waals surface area contributed by atoms with Crippen molar-refractivity contribution in [3.63, 3.8) is 0 Å². The summed E-state index contributed by atoms with van der Waals surface area (Å²) in [5, 5.41) is 5.34. The first-order valence-electron chi connectivity index (χ1n) is 6.87. The fraction of sp³-hybridized carbons (Fsp3) is 0.467. The molecule has 0 bridgehead atoms. The van der Waals surface area contributed by atoms with E-state index in [2.05, 4.69) is 15.5 Å². The van der Waals surface area contributed by atoms with Crippen LogP contribution in [0.25, 0.3) is 0 Å². The van der Waals surface area contributed by atoms with Crippen molar-refractivity contribution >= 4 is 11.8 Å². The van der Waals surface area contributed by atoms with Crippen LogP contribution in [0, 0.1) is 0 Å². The van der Waals surface area contributed by atoms with E-state index in [-0.39, 0.29) is 18.4 Å². The Hall–Kier alpha value is -2.08. The number of para-hydroxylation sites is 1. The maximum atomic E-state index is 12.0. The van der Waals surface area contributed by atoms with Gasteiger partial charge in [0.25, 0.3) is 5.91 Å². The third kappa shape index (κ3) is 6.27. The van der Waals surface area contributed by atoms with E-state index in [0.717, 1.165) is 13.0 Å². The van der Waals surface area contributed by atoms with Gasteiger partial charge in [0.1, 0.15) is 5.75 Å². The predicted octanol–water partition coefficient (Wildman–Crippen LogP) is 0.493. The maximum Gasteiger partial charge on any atom is 0.255 e. The number of methoxy groups -OCH3 is 1. The van der Waals surface area contributed by atoms with Crippen molar-refractivity contribution in [2.24, 2.45) is 0 Å². The number of nitrogens with zero attached hydrogens (tertiary/aromatic N) is 1. The molecule has 6 heteroatoms. The molecule has 0 aliphatic heterocycles. The molecule has 6 nitrogen and oxygen atoms in total. The minimum atomic E-state index is -0.323.